The quantitative estimate of drug-likeness (QED) is 0.275. The van der Waals surface area contributed by atoms with Crippen molar-refractivity contribution < 1.29 is 14.1 Å². The first-order chi connectivity index (χ1) is 16.9. The number of hydrogen-bond donors (Lipinski definition) is 1. The number of fused-ring (bicyclic) bond motifs is 1. The van der Waals surface area contributed by atoms with E-state index in [1.807, 2.05) is 48.2 Å². The van der Waals surface area contributed by atoms with Crippen LogP contribution in [0.5, 0.6) is 0 Å². The van der Waals surface area contributed by atoms with Crippen LogP contribution in [-0.2, 0) is 0 Å². The van der Waals surface area contributed by atoms with Crippen molar-refractivity contribution in [1.82, 2.24) is 4.98 Å². The highest BCUT2D eigenvalue weighted by molar-refractivity contribution is 6.05. The Labute approximate surface area is 202 Å². The van der Waals surface area contributed by atoms with E-state index >= 15 is 0 Å². The Morgan fingerprint density at radius 3 is 2.63 bits per heavy atom. The molecule has 1 N–H and O–H groups in total. The van der Waals surface area contributed by atoms with Gasteiger partial charge in [0.15, 0.2) is 5.58 Å². The van der Waals surface area contributed by atoms with E-state index in [0.717, 1.165) is 42.6 Å². The van der Waals surface area contributed by atoms with E-state index in [-0.39, 0.29) is 11.3 Å². The largest absolute Gasteiger partial charge is 0.436 e. The summed E-state index contributed by atoms with van der Waals surface area (Å²) in [6.07, 6.45) is 1.99. The molecule has 1 fully saturated rings. The van der Waals surface area contributed by atoms with Crippen molar-refractivity contribution in [2.45, 2.75) is 26.7 Å². The lowest BCUT2D eigenvalue weighted by molar-refractivity contribution is -0.384. The maximum atomic E-state index is 13.1. The van der Waals surface area contributed by atoms with Gasteiger partial charge in [-0.15, -0.1) is 0 Å². The fraction of sp³-hybridized carbons (Fsp3) is 0.259. The number of nitrogens with zero attached hydrogens (tertiary/aromatic N) is 3. The minimum absolute atomic E-state index is 0.0517. The zero-order valence-electron chi connectivity index (χ0n) is 19.7. The van der Waals surface area contributed by atoms with Crippen LogP contribution in [0, 0.1) is 23.0 Å². The van der Waals surface area contributed by atoms with Gasteiger partial charge in [0, 0.05) is 36.0 Å². The molecule has 0 aliphatic carbocycles. The van der Waals surface area contributed by atoms with Gasteiger partial charge in [-0.25, -0.2) is 4.98 Å². The SMILES string of the molecule is Cc1ccc(-c2nc3ccccc3o2)cc1NC(=O)c1ccc(N2CCC(C)CC2)c([N+](=O)[O-])c1. The van der Waals surface area contributed by atoms with Gasteiger partial charge >= 0.3 is 0 Å². The molecule has 1 aromatic heterocycles. The van der Waals surface area contributed by atoms with E-state index < -0.39 is 10.8 Å². The number of rotatable bonds is 5. The maximum Gasteiger partial charge on any atom is 0.293 e. The lowest BCUT2D eigenvalue weighted by Gasteiger charge is -2.31. The Morgan fingerprint density at radius 2 is 1.89 bits per heavy atom. The summed E-state index contributed by atoms with van der Waals surface area (Å²) in [5, 5.41) is 14.7. The molecular formula is C27H26N4O4. The van der Waals surface area contributed by atoms with Crippen LogP contribution in [-0.4, -0.2) is 28.9 Å². The number of amides is 1. The second kappa shape index (κ2) is 9.21. The van der Waals surface area contributed by atoms with Crippen LogP contribution < -0.4 is 10.2 Å². The molecule has 0 radical (unpaired) electrons. The van der Waals surface area contributed by atoms with Gasteiger partial charge in [-0.3, -0.25) is 14.9 Å². The molecule has 1 aliphatic rings. The molecule has 178 valence electrons. The van der Waals surface area contributed by atoms with Crippen molar-refractivity contribution in [1.29, 1.82) is 0 Å². The van der Waals surface area contributed by atoms with Gasteiger partial charge in [-0.05, 0) is 67.6 Å². The number of benzene rings is 3. The molecule has 8 nitrogen and oxygen atoms in total. The molecular weight excluding hydrogens is 444 g/mol. The first-order valence-electron chi connectivity index (χ1n) is 11.7. The summed E-state index contributed by atoms with van der Waals surface area (Å²) in [5.74, 6) is 0.659. The lowest BCUT2D eigenvalue weighted by Crippen LogP contribution is -2.33. The van der Waals surface area contributed by atoms with Gasteiger partial charge in [0.2, 0.25) is 5.89 Å². The van der Waals surface area contributed by atoms with Crippen molar-refractivity contribution in [2.24, 2.45) is 5.92 Å². The predicted molar refractivity (Wildman–Crippen MR) is 136 cm³/mol. The minimum atomic E-state index is -0.413. The average molecular weight is 471 g/mol. The second-order valence-electron chi connectivity index (χ2n) is 9.10. The number of hydrogen-bond acceptors (Lipinski definition) is 6. The summed E-state index contributed by atoms with van der Waals surface area (Å²) in [6, 6.07) is 17.8. The number of nitro benzene ring substituents is 1. The zero-order valence-corrected chi connectivity index (χ0v) is 19.7. The third-order valence-electron chi connectivity index (χ3n) is 6.59. The van der Waals surface area contributed by atoms with Crippen LogP contribution in [0.4, 0.5) is 17.1 Å². The highest BCUT2D eigenvalue weighted by Crippen LogP contribution is 2.33. The molecule has 0 saturated carbocycles. The summed E-state index contributed by atoms with van der Waals surface area (Å²) in [4.78, 5) is 31.0. The monoisotopic (exact) mass is 470 g/mol. The number of nitrogens with one attached hydrogen (secondary N) is 1. The smallest absolute Gasteiger partial charge is 0.293 e. The highest BCUT2D eigenvalue weighted by Gasteiger charge is 2.25. The Bertz CT molecular complexity index is 1390. The molecule has 3 aromatic carbocycles. The minimum Gasteiger partial charge on any atom is -0.436 e. The molecule has 0 atom stereocenters. The molecule has 5 rings (SSSR count). The van der Waals surface area contributed by atoms with Crippen LogP contribution in [0.15, 0.2) is 65.1 Å². The molecule has 0 bridgehead atoms. The number of aryl methyl sites for hydroxylation is 1. The second-order valence-corrected chi connectivity index (χ2v) is 9.10. The van der Waals surface area contributed by atoms with Gasteiger partial charge in [-0.1, -0.05) is 25.1 Å². The average Bonchev–Trinajstić information content (AvgIpc) is 3.30. The van der Waals surface area contributed by atoms with Crippen LogP contribution >= 0.6 is 0 Å². The van der Waals surface area contributed by atoms with E-state index in [1.165, 1.54) is 6.07 Å². The van der Waals surface area contributed by atoms with Crippen molar-refractivity contribution in [3.8, 4) is 11.5 Å². The fourth-order valence-corrected chi connectivity index (χ4v) is 4.41. The van der Waals surface area contributed by atoms with Gasteiger partial charge in [0.05, 0.1) is 4.92 Å². The van der Waals surface area contributed by atoms with Gasteiger partial charge in [0.1, 0.15) is 11.2 Å². The first kappa shape index (κ1) is 22.6. The maximum absolute atomic E-state index is 13.1. The summed E-state index contributed by atoms with van der Waals surface area (Å²) < 4.78 is 5.85. The van der Waals surface area contributed by atoms with Crippen LogP contribution in [0.3, 0.4) is 0 Å². The van der Waals surface area contributed by atoms with Crippen molar-refractivity contribution in [2.75, 3.05) is 23.3 Å². The number of anilines is 2. The molecule has 0 spiro atoms. The molecule has 2 heterocycles. The van der Waals surface area contributed by atoms with Gasteiger partial charge in [-0.2, -0.15) is 0 Å². The zero-order chi connectivity index (χ0) is 24.5. The molecule has 4 aromatic rings. The van der Waals surface area contributed by atoms with E-state index in [0.29, 0.717) is 28.8 Å². The van der Waals surface area contributed by atoms with Gasteiger partial charge in [0.25, 0.3) is 11.6 Å². The van der Waals surface area contributed by atoms with E-state index in [9.17, 15) is 14.9 Å². The number of para-hydroxylation sites is 2. The predicted octanol–water partition coefficient (Wildman–Crippen LogP) is 6.20. The standard InChI is InChI=1S/C27H26N4O4/c1-17-11-13-30(14-12-17)23-10-9-19(16-24(23)31(33)34)26(32)28-22-15-20(8-7-18(22)2)27-29-21-5-3-4-6-25(21)35-27/h3-10,15-17H,11-14H2,1-2H3,(H,28,32). The molecule has 1 saturated heterocycles. The highest BCUT2D eigenvalue weighted by atomic mass is 16.6. The number of carbonyl (C=O) groups excluding carboxylic acids is 1. The lowest BCUT2D eigenvalue weighted by atomic mass is 9.98. The van der Waals surface area contributed by atoms with E-state index in [4.69, 9.17) is 4.42 Å². The number of piperidine rings is 1. The van der Waals surface area contributed by atoms with Crippen molar-refractivity contribution in [3.05, 3.63) is 81.9 Å². The van der Waals surface area contributed by atoms with Crippen molar-refractivity contribution in [3.63, 3.8) is 0 Å². The number of nitro groups is 1. The normalized spacial score (nSPS) is 14.3. The Kier molecular flexibility index (Phi) is 5.94. The number of aromatic nitrogens is 1. The third-order valence-corrected chi connectivity index (χ3v) is 6.59. The fourth-order valence-electron chi connectivity index (χ4n) is 4.41. The first-order valence-corrected chi connectivity index (χ1v) is 11.7. The Balaban J connectivity index is 1.40. The Hall–Kier alpha value is -4.20. The van der Waals surface area contributed by atoms with E-state index in [2.05, 4.69) is 17.2 Å². The summed E-state index contributed by atoms with van der Waals surface area (Å²) in [6.45, 7) is 5.62. The summed E-state index contributed by atoms with van der Waals surface area (Å²) >= 11 is 0. The molecule has 35 heavy (non-hydrogen) atoms. The third kappa shape index (κ3) is 4.59. The number of carbonyl (C=O) groups is 1. The number of oxazole rings is 1. The van der Waals surface area contributed by atoms with Crippen LogP contribution in [0.2, 0.25) is 0 Å². The van der Waals surface area contributed by atoms with Gasteiger partial charge < -0.3 is 14.6 Å². The topological polar surface area (TPSA) is 102 Å². The molecule has 0 unspecified atom stereocenters. The van der Waals surface area contributed by atoms with Crippen LogP contribution in [0.25, 0.3) is 22.6 Å². The van der Waals surface area contributed by atoms with Crippen molar-refractivity contribution >= 4 is 34.1 Å². The van der Waals surface area contributed by atoms with E-state index in [1.54, 1.807) is 18.2 Å². The van der Waals surface area contributed by atoms with Crippen LogP contribution in [0.1, 0.15) is 35.7 Å². The molecule has 1 amide bonds. The molecule has 8 heteroatoms. The Morgan fingerprint density at radius 1 is 1.11 bits per heavy atom. The molecule has 1 aliphatic heterocycles. The summed E-state index contributed by atoms with van der Waals surface area (Å²) in [7, 11) is 0. The summed E-state index contributed by atoms with van der Waals surface area (Å²) in [5.41, 5.74) is 4.35.